The van der Waals surface area contributed by atoms with Crippen molar-refractivity contribution in [1.82, 2.24) is 0 Å². The predicted molar refractivity (Wildman–Crippen MR) is 85.1 cm³/mol. The molecule has 1 N–H and O–H groups in total. The molecular weight excluding hydrogens is 268 g/mol. The summed E-state index contributed by atoms with van der Waals surface area (Å²) in [7, 11) is 0. The summed E-state index contributed by atoms with van der Waals surface area (Å²) in [5, 5.41) is 13.5. The number of fused-ring (bicyclic) bond motifs is 1. The molecule has 1 saturated carbocycles. The van der Waals surface area contributed by atoms with E-state index in [-0.39, 0.29) is 6.10 Å². The Labute approximate surface area is 125 Å². The molecule has 0 saturated heterocycles. The van der Waals surface area contributed by atoms with Gasteiger partial charge in [-0.3, -0.25) is 0 Å². The maximum atomic E-state index is 10.6. The van der Waals surface area contributed by atoms with E-state index in [0.717, 1.165) is 27.8 Å². The van der Waals surface area contributed by atoms with Gasteiger partial charge in [-0.2, -0.15) is 0 Å². The lowest BCUT2D eigenvalue weighted by Gasteiger charge is -2.24. The van der Waals surface area contributed by atoms with E-state index < -0.39 is 0 Å². The first-order chi connectivity index (χ1) is 9.75. The minimum atomic E-state index is -0.375. The highest BCUT2D eigenvalue weighted by Crippen LogP contribution is 2.35. The van der Waals surface area contributed by atoms with Gasteiger partial charge in [-0.15, -0.1) is 0 Å². The Morgan fingerprint density at radius 2 is 1.70 bits per heavy atom. The Hall–Kier alpha value is -1.05. The van der Waals surface area contributed by atoms with Crippen molar-refractivity contribution >= 4 is 22.4 Å². The highest BCUT2D eigenvalue weighted by atomic mass is 35.5. The molecule has 0 heterocycles. The van der Waals surface area contributed by atoms with Crippen LogP contribution in [0.25, 0.3) is 10.8 Å². The standard InChI is InChI=1S/C18H21ClO/c19-17-11-10-16(14-8-4-5-9-15(14)17)18(20)12-13-6-2-1-3-7-13/h4-5,8-11,13,18,20H,1-3,6-7,12H2. The molecule has 0 spiro atoms. The van der Waals surface area contributed by atoms with Gasteiger partial charge in [-0.05, 0) is 29.4 Å². The molecule has 1 unspecified atom stereocenters. The molecule has 0 aromatic heterocycles. The molecule has 1 nitrogen and oxygen atoms in total. The first kappa shape index (κ1) is 13.9. The lowest BCUT2D eigenvalue weighted by atomic mass is 9.83. The van der Waals surface area contributed by atoms with Gasteiger partial charge < -0.3 is 5.11 Å². The van der Waals surface area contributed by atoms with Gasteiger partial charge in [0.05, 0.1) is 6.10 Å². The van der Waals surface area contributed by atoms with Crippen LogP contribution in [0, 0.1) is 5.92 Å². The van der Waals surface area contributed by atoms with Crippen LogP contribution in [0.3, 0.4) is 0 Å². The van der Waals surface area contributed by atoms with Crippen molar-refractivity contribution in [2.24, 2.45) is 5.92 Å². The van der Waals surface area contributed by atoms with Gasteiger partial charge in [0.15, 0.2) is 0 Å². The molecule has 1 atom stereocenters. The van der Waals surface area contributed by atoms with E-state index in [1.807, 2.05) is 30.3 Å². The van der Waals surface area contributed by atoms with E-state index in [9.17, 15) is 5.11 Å². The van der Waals surface area contributed by atoms with Gasteiger partial charge in [-0.1, -0.05) is 74.0 Å². The van der Waals surface area contributed by atoms with Gasteiger partial charge in [-0.25, -0.2) is 0 Å². The summed E-state index contributed by atoms with van der Waals surface area (Å²) in [6.45, 7) is 0. The third kappa shape index (κ3) is 2.84. The van der Waals surface area contributed by atoms with Crippen molar-refractivity contribution in [2.45, 2.75) is 44.6 Å². The van der Waals surface area contributed by atoms with E-state index in [2.05, 4.69) is 6.07 Å². The fourth-order valence-corrected chi connectivity index (χ4v) is 3.67. The molecule has 3 rings (SSSR count). The molecule has 0 bridgehead atoms. The second-order valence-corrected chi connectivity index (χ2v) is 6.34. The van der Waals surface area contributed by atoms with Crippen LogP contribution in [0.4, 0.5) is 0 Å². The van der Waals surface area contributed by atoms with Crippen LogP contribution in [0.1, 0.15) is 50.2 Å². The quantitative estimate of drug-likeness (QED) is 0.791. The van der Waals surface area contributed by atoms with E-state index in [1.54, 1.807) is 0 Å². The number of halogens is 1. The van der Waals surface area contributed by atoms with Gasteiger partial charge >= 0.3 is 0 Å². The van der Waals surface area contributed by atoms with E-state index >= 15 is 0 Å². The van der Waals surface area contributed by atoms with Gasteiger partial charge in [0.1, 0.15) is 0 Å². The van der Waals surface area contributed by atoms with Crippen molar-refractivity contribution < 1.29 is 5.11 Å². The smallest absolute Gasteiger partial charge is 0.0798 e. The molecular formula is C18H21ClO. The molecule has 1 fully saturated rings. The molecule has 0 aliphatic heterocycles. The van der Waals surface area contributed by atoms with Crippen molar-refractivity contribution in [3.05, 3.63) is 47.0 Å². The minimum Gasteiger partial charge on any atom is -0.388 e. The van der Waals surface area contributed by atoms with Crippen LogP contribution >= 0.6 is 11.6 Å². The number of hydrogen-bond acceptors (Lipinski definition) is 1. The molecule has 2 heteroatoms. The number of rotatable bonds is 3. The Morgan fingerprint density at radius 3 is 2.45 bits per heavy atom. The van der Waals surface area contributed by atoms with Crippen LogP contribution in [0.2, 0.25) is 5.02 Å². The fraction of sp³-hybridized carbons (Fsp3) is 0.444. The normalized spacial score (nSPS) is 18.3. The summed E-state index contributed by atoms with van der Waals surface area (Å²) < 4.78 is 0. The van der Waals surface area contributed by atoms with Gasteiger partial charge in [0.25, 0.3) is 0 Å². The van der Waals surface area contributed by atoms with Crippen molar-refractivity contribution in [1.29, 1.82) is 0 Å². The first-order valence-electron chi connectivity index (χ1n) is 7.61. The molecule has 20 heavy (non-hydrogen) atoms. The summed E-state index contributed by atoms with van der Waals surface area (Å²) in [6, 6.07) is 12.0. The summed E-state index contributed by atoms with van der Waals surface area (Å²) in [4.78, 5) is 0. The largest absolute Gasteiger partial charge is 0.388 e. The summed E-state index contributed by atoms with van der Waals surface area (Å²) in [5.41, 5.74) is 1.02. The lowest BCUT2D eigenvalue weighted by Crippen LogP contribution is -2.11. The first-order valence-corrected chi connectivity index (χ1v) is 7.98. The Balaban J connectivity index is 1.87. The zero-order chi connectivity index (χ0) is 13.9. The highest BCUT2D eigenvalue weighted by molar-refractivity contribution is 6.35. The average molecular weight is 289 g/mol. The zero-order valence-electron chi connectivity index (χ0n) is 11.7. The number of benzene rings is 2. The summed E-state index contributed by atoms with van der Waals surface area (Å²) >= 11 is 6.24. The maximum Gasteiger partial charge on any atom is 0.0798 e. The average Bonchev–Trinajstić information content (AvgIpc) is 2.49. The second kappa shape index (κ2) is 6.15. The maximum absolute atomic E-state index is 10.6. The van der Waals surface area contributed by atoms with Crippen LogP contribution in [-0.2, 0) is 0 Å². The zero-order valence-corrected chi connectivity index (χ0v) is 12.4. The fourth-order valence-electron chi connectivity index (χ4n) is 3.44. The molecule has 0 radical (unpaired) electrons. The Morgan fingerprint density at radius 1 is 1.00 bits per heavy atom. The Kier molecular flexibility index (Phi) is 4.28. The molecule has 1 aliphatic carbocycles. The van der Waals surface area contributed by atoms with Crippen molar-refractivity contribution in [2.75, 3.05) is 0 Å². The van der Waals surface area contributed by atoms with Crippen LogP contribution in [0.5, 0.6) is 0 Å². The third-order valence-corrected chi connectivity index (χ3v) is 4.87. The van der Waals surface area contributed by atoms with Crippen LogP contribution in [-0.4, -0.2) is 5.11 Å². The van der Waals surface area contributed by atoms with Gasteiger partial charge in [0, 0.05) is 10.4 Å². The van der Waals surface area contributed by atoms with Crippen LogP contribution in [0.15, 0.2) is 36.4 Å². The van der Waals surface area contributed by atoms with Crippen LogP contribution < -0.4 is 0 Å². The molecule has 2 aromatic rings. The highest BCUT2D eigenvalue weighted by Gasteiger charge is 2.20. The third-order valence-electron chi connectivity index (χ3n) is 4.54. The topological polar surface area (TPSA) is 20.2 Å². The minimum absolute atomic E-state index is 0.375. The second-order valence-electron chi connectivity index (χ2n) is 5.94. The van der Waals surface area contributed by atoms with E-state index in [1.165, 1.54) is 32.1 Å². The monoisotopic (exact) mass is 288 g/mol. The molecule has 0 amide bonds. The SMILES string of the molecule is OC(CC1CCCCC1)c1ccc(Cl)c2ccccc12. The van der Waals surface area contributed by atoms with Crippen molar-refractivity contribution in [3.8, 4) is 0 Å². The van der Waals surface area contributed by atoms with Gasteiger partial charge in [0.2, 0.25) is 0 Å². The lowest BCUT2D eigenvalue weighted by molar-refractivity contribution is 0.132. The molecule has 1 aliphatic rings. The predicted octanol–water partition coefficient (Wildman–Crippen LogP) is 5.50. The number of aliphatic hydroxyl groups is 1. The van der Waals surface area contributed by atoms with E-state index in [4.69, 9.17) is 11.6 Å². The van der Waals surface area contributed by atoms with Crippen molar-refractivity contribution in [3.63, 3.8) is 0 Å². The summed E-state index contributed by atoms with van der Waals surface area (Å²) in [5.74, 6) is 0.674. The molecule has 106 valence electrons. The number of aliphatic hydroxyl groups excluding tert-OH is 1. The molecule has 2 aromatic carbocycles. The Bertz CT molecular complexity index is 587. The summed E-state index contributed by atoms with van der Waals surface area (Å²) in [6.07, 6.45) is 7.03. The van der Waals surface area contributed by atoms with E-state index in [0.29, 0.717) is 5.92 Å². The number of hydrogen-bond donors (Lipinski definition) is 1.